The number of carbonyl (C=O) groups is 2. The molecule has 23 heavy (non-hydrogen) atoms. The fourth-order valence-corrected chi connectivity index (χ4v) is 2.41. The Morgan fingerprint density at radius 1 is 1.30 bits per heavy atom. The standard InChI is InChI=1S/C17H21NO5/c1-6-17(3,16(20)22-5)18-15(19)13-10(2)11-8-7-9-12(21-4)14(11)23-13/h7-9H,6H2,1-5H3,(H,18,19)/t17-/m0/s1. The molecule has 1 aromatic carbocycles. The predicted octanol–water partition coefficient (Wildman–Crippen LogP) is 2.82. The number of fused-ring (bicyclic) bond motifs is 1. The average molecular weight is 319 g/mol. The summed E-state index contributed by atoms with van der Waals surface area (Å²) in [5.41, 5.74) is 0.0927. The smallest absolute Gasteiger partial charge is 0.331 e. The summed E-state index contributed by atoms with van der Waals surface area (Å²) in [6, 6.07) is 5.44. The first kappa shape index (κ1) is 16.9. The van der Waals surface area contributed by atoms with Crippen molar-refractivity contribution in [3.63, 3.8) is 0 Å². The Bertz CT molecular complexity index is 749. The van der Waals surface area contributed by atoms with E-state index in [1.54, 1.807) is 26.8 Å². The van der Waals surface area contributed by atoms with Crippen LogP contribution in [0.4, 0.5) is 0 Å². The number of hydrogen-bond acceptors (Lipinski definition) is 5. The zero-order chi connectivity index (χ0) is 17.2. The van der Waals surface area contributed by atoms with Crippen LogP contribution in [-0.2, 0) is 9.53 Å². The van der Waals surface area contributed by atoms with Crippen molar-refractivity contribution in [2.45, 2.75) is 32.7 Å². The number of esters is 1. The molecule has 1 atom stereocenters. The molecule has 1 aromatic heterocycles. The maximum Gasteiger partial charge on any atom is 0.331 e. The number of amides is 1. The lowest BCUT2D eigenvalue weighted by atomic mass is 9.98. The molecule has 1 N–H and O–H groups in total. The van der Waals surface area contributed by atoms with Crippen molar-refractivity contribution in [3.8, 4) is 5.75 Å². The van der Waals surface area contributed by atoms with Gasteiger partial charge in [0.2, 0.25) is 0 Å². The summed E-state index contributed by atoms with van der Waals surface area (Å²) in [6.07, 6.45) is 0.397. The van der Waals surface area contributed by atoms with E-state index in [1.165, 1.54) is 14.2 Å². The summed E-state index contributed by atoms with van der Waals surface area (Å²) in [5, 5.41) is 3.50. The molecule has 0 unspecified atom stereocenters. The number of carbonyl (C=O) groups excluding carboxylic acids is 2. The van der Waals surface area contributed by atoms with Crippen molar-refractivity contribution in [2.24, 2.45) is 0 Å². The second-order valence-electron chi connectivity index (χ2n) is 5.52. The monoisotopic (exact) mass is 319 g/mol. The molecule has 0 aliphatic carbocycles. The third kappa shape index (κ3) is 2.88. The van der Waals surface area contributed by atoms with Crippen molar-refractivity contribution in [2.75, 3.05) is 14.2 Å². The van der Waals surface area contributed by atoms with Crippen LogP contribution < -0.4 is 10.1 Å². The van der Waals surface area contributed by atoms with E-state index < -0.39 is 17.4 Å². The van der Waals surface area contributed by atoms with Gasteiger partial charge in [0.05, 0.1) is 14.2 Å². The van der Waals surface area contributed by atoms with E-state index in [2.05, 4.69) is 5.32 Å². The molecule has 2 rings (SSSR count). The highest BCUT2D eigenvalue weighted by atomic mass is 16.5. The van der Waals surface area contributed by atoms with Gasteiger partial charge in [0, 0.05) is 10.9 Å². The van der Waals surface area contributed by atoms with Gasteiger partial charge in [-0.05, 0) is 26.3 Å². The van der Waals surface area contributed by atoms with Crippen LogP contribution in [0.25, 0.3) is 11.0 Å². The van der Waals surface area contributed by atoms with Gasteiger partial charge in [-0.15, -0.1) is 0 Å². The number of rotatable bonds is 5. The van der Waals surface area contributed by atoms with Gasteiger partial charge in [0.1, 0.15) is 5.54 Å². The Hall–Kier alpha value is -2.50. The zero-order valence-corrected chi connectivity index (χ0v) is 14.0. The van der Waals surface area contributed by atoms with Gasteiger partial charge in [-0.1, -0.05) is 19.1 Å². The number of methoxy groups -OCH3 is 2. The van der Waals surface area contributed by atoms with Gasteiger partial charge in [-0.2, -0.15) is 0 Å². The maximum absolute atomic E-state index is 12.6. The molecule has 0 aliphatic rings. The van der Waals surface area contributed by atoms with Crippen LogP contribution in [0.15, 0.2) is 22.6 Å². The van der Waals surface area contributed by atoms with Crippen LogP contribution in [0.1, 0.15) is 36.4 Å². The summed E-state index contributed by atoms with van der Waals surface area (Å²) in [4.78, 5) is 24.5. The molecular weight excluding hydrogens is 298 g/mol. The first-order valence-corrected chi connectivity index (χ1v) is 7.35. The molecule has 0 saturated carbocycles. The number of ether oxygens (including phenoxy) is 2. The van der Waals surface area contributed by atoms with Crippen molar-refractivity contribution in [3.05, 3.63) is 29.5 Å². The summed E-state index contributed by atoms with van der Waals surface area (Å²) < 4.78 is 15.7. The van der Waals surface area contributed by atoms with Crippen LogP contribution in [0.5, 0.6) is 5.75 Å². The number of benzene rings is 1. The van der Waals surface area contributed by atoms with Crippen LogP contribution in [0.2, 0.25) is 0 Å². The van der Waals surface area contributed by atoms with E-state index in [4.69, 9.17) is 13.9 Å². The van der Waals surface area contributed by atoms with Crippen molar-refractivity contribution in [1.29, 1.82) is 0 Å². The quantitative estimate of drug-likeness (QED) is 0.857. The van der Waals surface area contributed by atoms with Crippen molar-refractivity contribution in [1.82, 2.24) is 5.32 Å². The fourth-order valence-electron chi connectivity index (χ4n) is 2.41. The van der Waals surface area contributed by atoms with Gasteiger partial charge >= 0.3 is 5.97 Å². The second-order valence-corrected chi connectivity index (χ2v) is 5.52. The van der Waals surface area contributed by atoms with Crippen LogP contribution >= 0.6 is 0 Å². The summed E-state index contributed by atoms with van der Waals surface area (Å²) >= 11 is 0. The average Bonchev–Trinajstić information content (AvgIpc) is 2.91. The molecule has 6 nitrogen and oxygen atoms in total. The van der Waals surface area contributed by atoms with E-state index in [0.717, 1.165) is 5.39 Å². The van der Waals surface area contributed by atoms with E-state index in [0.29, 0.717) is 23.3 Å². The Kier molecular flexibility index (Phi) is 4.63. The molecule has 124 valence electrons. The summed E-state index contributed by atoms with van der Waals surface area (Å²) in [5.74, 6) is -0.251. The number of hydrogen-bond donors (Lipinski definition) is 1. The Balaban J connectivity index is 2.42. The zero-order valence-electron chi connectivity index (χ0n) is 14.0. The molecule has 2 aromatic rings. The van der Waals surface area contributed by atoms with E-state index in [1.807, 2.05) is 12.1 Å². The molecular formula is C17H21NO5. The number of para-hydroxylation sites is 1. The fraction of sp³-hybridized carbons (Fsp3) is 0.412. The van der Waals surface area contributed by atoms with Gasteiger partial charge in [0.25, 0.3) is 5.91 Å². The Morgan fingerprint density at radius 3 is 2.57 bits per heavy atom. The Morgan fingerprint density at radius 2 is 2.00 bits per heavy atom. The highest BCUT2D eigenvalue weighted by Gasteiger charge is 2.35. The minimum absolute atomic E-state index is 0.160. The first-order valence-electron chi connectivity index (χ1n) is 7.35. The van der Waals surface area contributed by atoms with Crippen LogP contribution in [-0.4, -0.2) is 31.6 Å². The third-order valence-corrected chi connectivity index (χ3v) is 4.09. The van der Waals surface area contributed by atoms with Gasteiger partial charge in [0.15, 0.2) is 17.1 Å². The van der Waals surface area contributed by atoms with Gasteiger partial charge in [-0.25, -0.2) is 4.79 Å². The van der Waals surface area contributed by atoms with Gasteiger partial charge < -0.3 is 19.2 Å². The molecule has 1 amide bonds. The lowest BCUT2D eigenvalue weighted by Crippen LogP contribution is -2.52. The van der Waals surface area contributed by atoms with Crippen molar-refractivity contribution < 1.29 is 23.5 Å². The van der Waals surface area contributed by atoms with Crippen molar-refractivity contribution >= 4 is 22.8 Å². The van der Waals surface area contributed by atoms with E-state index in [9.17, 15) is 9.59 Å². The lowest BCUT2D eigenvalue weighted by Gasteiger charge is -2.25. The highest BCUT2D eigenvalue weighted by molar-refractivity contribution is 6.02. The minimum Gasteiger partial charge on any atom is -0.493 e. The second kappa shape index (κ2) is 6.32. The Labute approximate surface area is 134 Å². The minimum atomic E-state index is -1.11. The molecule has 1 heterocycles. The molecule has 0 fully saturated rings. The summed E-state index contributed by atoms with van der Waals surface area (Å²) in [6.45, 7) is 5.21. The molecule has 6 heteroatoms. The maximum atomic E-state index is 12.6. The normalized spacial score (nSPS) is 13.4. The molecule has 0 radical (unpaired) electrons. The lowest BCUT2D eigenvalue weighted by molar-refractivity contribution is -0.147. The predicted molar refractivity (Wildman–Crippen MR) is 85.7 cm³/mol. The first-order chi connectivity index (χ1) is 10.9. The number of nitrogens with one attached hydrogen (secondary N) is 1. The van der Waals surface area contributed by atoms with Crippen LogP contribution in [0, 0.1) is 6.92 Å². The molecule has 0 spiro atoms. The molecule has 0 saturated heterocycles. The SMILES string of the molecule is CC[C@](C)(NC(=O)c1oc2c(OC)cccc2c1C)C(=O)OC. The largest absolute Gasteiger partial charge is 0.493 e. The summed E-state index contributed by atoms with van der Waals surface area (Å²) in [7, 11) is 2.83. The molecule has 0 aliphatic heterocycles. The topological polar surface area (TPSA) is 77.8 Å². The van der Waals surface area contributed by atoms with E-state index >= 15 is 0 Å². The number of furan rings is 1. The van der Waals surface area contributed by atoms with Gasteiger partial charge in [-0.3, -0.25) is 4.79 Å². The van der Waals surface area contributed by atoms with E-state index in [-0.39, 0.29) is 5.76 Å². The highest BCUT2D eigenvalue weighted by Crippen LogP contribution is 2.32. The van der Waals surface area contributed by atoms with Crippen LogP contribution in [0.3, 0.4) is 0 Å². The third-order valence-electron chi connectivity index (χ3n) is 4.09. The molecule has 0 bridgehead atoms. The number of aryl methyl sites for hydroxylation is 1.